The van der Waals surface area contributed by atoms with Crippen molar-refractivity contribution in [2.24, 2.45) is 19.4 Å². The molecule has 0 aliphatic heterocycles. The Kier molecular flexibility index (Phi) is 17.7. The molecule has 0 unspecified atom stereocenters. The predicted octanol–water partition coefficient (Wildman–Crippen LogP) is 12.3. The summed E-state index contributed by atoms with van der Waals surface area (Å²) in [5, 5.41) is 1.97. The first-order valence-electron chi connectivity index (χ1n) is 21.8. The molecular weight excluding hydrogens is 941 g/mol. The second kappa shape index (κ2) is 20.5. The molecule has 0 aliphatic carbocycles. The van der Waals surface area contributed by atoms with Gasteiger partial charge in [-0.1, -0.05) is 198 Å². The zero-order valence-electron chi connectivity index (χ0n) is 41.5. The zero-order chi connectivity index (χ0) is 49.1. The van der Waals surface area contributed by atoms with Crippen molar-refractivity contribution in [3.8, 4) is 0 Å². The van der Waals surface area contributed by atoms with Crippen LogP contribution in [0.4, 0.5) is 0 Å². The lowest BCUT2D eigenvalue weighted by atomic mass is 10.2. The van der Waals surface area contributed by atoms with Gasteiger partial charge in [-0.2, -0.15) is 16.8 Å². The van der Waals surface area contributed by atoms with Gasteiger partial charge in [0.25, 0.3) is 20.0 Å². The Morgan fingerprint density at radius 3 is 0.938 bits per heavy atom. The molecule has 4 aromatic rings. The number of nitrogens with zero attached hydrogens (tertiary/aromatic N) is 2. The van der Waals surface area contributed by atoms with Crippen LogP contribution in [-0.4, -0.2) is 57.5 Å². The van der Waals surface area contributed by atoms with Gasteiger partial charge in [0.15, 0.2) is 0 Å². The Bertz CT molecular complexity index is 2650. The average molecular weight is 1020 g/mol. The normalized spacial score (nSPS) is 15.5. The standard InChI is InChI=1S/2C24H37NO3S2Si2/c2*1-19(2)18-24(32(7,8)9)29(26,22-12-10-11-13-23(22)31(4,5)6)25-30(27,28)21-16-14-20(3)15-17-21/h2*10-19H,1-9H3/b2*24-18-/t2*29-/m10/s1. The highest BCUT2D eigenvalue weighted by Gasteiger charge is 2.38. The molecule has 0 amide bonds. The maximum absolute atomic E-state index is 15.0. The molecular formula is C48H74N2O6S4Si4. The van der Waals surface area contributed by atoms with Crippen molar-refractivity contribution in [1.29, 1.82) is 0 Å². The summed E-state index contributed by atoms with van der Waals surface area (Å²) in [5.41, 5.74) is 1.91. The zero-order valence-corrected chi connectivity index (χ0v) is 48.8. The average Bonchev–Trinajstić information content (AvgIpc) is 3.14. The second-order valence-corrected chi connectivity index (χ2v) is 50.1. The summed E-state index contributed by atoms with van der Waals surface area (Å²) in [6, 6.07) is 28.3. The highest BCUT2D eigenvalue weighted by molar-refractivity contribution is 8.07. The molecule has 0 saturated heterocycles. The summed E-state index contributed by atoms with van der Waals surface area (Å²) < 4.78 is 93.9. The van der Waals surface area contributed by atoms with E-state index in [0.29, 0.717) is 18.8 Å². The van der Waals surface area contributed by atoms with Crippen molar-refractivity contribution in [3.63, 3.8) is 0 Å². The highest BCUT2D eigenvalue weighted by Crippen LogP contribution is 2.35. The summed E-state index contributed by atoms with van der Waals surface area (Å²) in [6.45, 7) is 37.6. The van der Waals surface area contributed by atoms with Crippen molar-refractivity contribution in [3.05, 3.63) is 129 Å². The maximum Gasteiger partial charge on any atom is 0.290 e. The lowest BCUT2D eigenvalue weighted by molar-refractivity contribution is 0.596. The van der Waals surface area contributed by atoms with Crippen molar-refractivity contribution in [1.82, 2.24) is 0 Å². The van der Waals surface area contributed by atoms with E-state index in [4.69, 9.17) is 0 Å². The fourth-order valence-corrected chi connectivity index (χ4v) is 29.9. The first kappa shape index (κ1) is 55.4. The van der Waals surface area contributed by atoms with E-state index in [0.717, 1.165) is 21.5 Å². The number of rotatable bonds is 14. The molecule has 64 heavy (non-hydrogen) atoms. The van der Waals surface area contributed by atoms with Gasteiger partial charge >= 0.3 is 0 Å². The van der Waals surface area contributed by atoms with Crippen molar-refractivity contribution < 1.29 is 25.3 Å². The molecule has 8 nitrogen and oxygen atoms in total. The lowest BCUT2D eigenvalue weighted by Gasteiger charge is -2.29. The number of aryl methyl sites for hydroxylation is 2. The van der Waals surface area contributed by atoms with Crippen LogP contribution in [0.25, 0.3) is 0 Å². The molecule has 0 heterocycles. The third kappa shape index (κ3) is 14.0. The van der Waals surface area contributed by atoms with Crippen molar-refractivity contribution in [2.75, 3.05) is 0 Å². The van der Waals surface area contributed by atoms with Crippen LogP contribution in [0, 0.1) is 25.7 Å². The smallest absolute Gasteiger partial charge is 0.239 e. The van der Waals surface area contributed by atoms with Crippen LogP contribution in [-0.2, 0) is 39.5 Å². The summed E-state index contributed by atoms with van der Waals surface area (Å²) in [6.07, 6.45) is 3.98. The Labute approximate surface area is 393 Å². The van der Waals surface area contributed by atoms with E-state index in [9.17, 15) is 16.8 Å². The van der Waals surface area contributed by atoms with E-state index >= 15 is 8.42 Å². The van der Waals surface area contributed by atoms with Crippen molar-refractivity contribution >= 4 is 82.2 Å². The molecule has 0 aromatic heterocycles. The number of benzene rings is 4. The number of hydrogen-bond acceptors (Lipinski definition) is 6. The molecule has 0 bridgehead atoms. The van der Waals surface area contributed by atoms with Crippen LogP contribution in [0.3, 0.4) is 0 Å². The van der Waals surface area contributed by atoms with E-state index in [1.807, 2.05) is 102 Å². The molecule has 4 aromatic carbocycles. The first-order chi connectivity index (χ1) is 29.0. The second-order valence-electron chi connectivity index (χ2n) is 21.3. The Hall–Kier alpha value is -2.97. The molecule has 0 saturated carbocycles. The van der Waals surface area contributed by atoms with Crippen LogP contribution in [0.1, 0.15) is 38.8 Å². The highest BCUT2D eigenvalue weighted by atomic mass is 32.3. The number of allylic oxidation sites excluding steroid dienone is 2. The van der Waals surface area contributed by atoms with Gasteiger partial charge in [0.05, 0.1) is 51.9 Å². The summed E-state index contributed by atoms with van der Waals surface area (Å²) in [7, 11) is -23.4. The van der Waals surface area contributed by atoms with E-state index in [1.54, 1.807) is 48.5 Å². The third-order valence-electron chi connectivity index (χ3n) is 10.1. The molecule has 0 spiro atoms. The number of sulfonamides is 2. The third-order valence-corrected chi connectivity index (χ3v) is 31.5. The van der Waals surface area contributed by atoms with E-state index in [2.05, 4.69) is 86.1 Å². The predicted molar refractivity (Wildman–Crippen MR) is 286 cm³/mol. The Morgan fingerprint density at radius 2 is 0.703 bits per heavy atom. The van der Waals surface area contributed by atoms with Gasteiger partial charge in [-0.15, -0.1) is 0 Å². The van der Waals surface area contributed by atoms with Crippen LogP contribution < -0.4 is 10.4 Å². The summed E-state index contributed by atoms with van der Waals surface area (Å²) >= 11 is 0. The van der Waals surface area contributed by atoms with Crippen molar-refractivity contribution in [2.45, 2.75) is 140 Å². The monoisotopic (exact) mass is 1010 g/mol. The summed E-state index contributed by atoms with van der Waals surface area (Å²) in [5.74, 6) is 0.239. The fourth-order valence-electron chi connectivity index (χ4n) is 6.96. The first-order valence-corrected chi connectivity index (χ1v) is 41.7. The molecule has 4 rings (SSSR count). The molecule has 0 aliphatic rings. The lowest BCUT2D eigenvalue weighted by Crippen LogP contribution is -2.42. The van der Waals surface area contributed by atoms with Crippen LogP contribution in [0.5, 0.6) is 0 Å². The maximum atomic E-state index is 15.0. The van der Waals surface area contributed by atoms with Gasteiger partial charge in [-0.3, -0.25) is 0 Å². The molecule has 0 N–H and O–H groups in total. The fraction of sp³-hybridized carbons (Fsp3) is 0.417. The van der Waals surface area contributed by atoms with E-state index in [1.165, 1.54) is 0 Å². The van der Waals surface area contributed by atoms with E-state index < -0.39 is 71.8 Å². The van der Waals surface area contributed by atoms with Gasteiger partial charge in [0, 0.05) is 9.06 Å². The van der Waals surface area contributed by atoms with E-state index in [-0.39, 0.29) is 21.6 Å². The molecule has 0 radical (unpaired) electrons. The topological polar surface area (TPSA) is 127 Å². The molecule has 2 atom stereocenters. The van der Waals surface area contributed by atoms with Gasteiger partial charge in [0.1, 0.15) is 19.5 Å². The Morgan fingerprint density at radius 1 is 0.438 bits per heavy atom. The minimum absolute atomic E-state index is 0.0702. The minimum Gasteiger partial charge on any atom is -0.239 e. The number of hydrogen-bond donors (Lipinski definition) is 0. The Balaban J connectivity index is 0.000000340. The molecule has 352 valence electrons. The molecule has 16 heteroatoms. The van der Waals surface area contributed by atoms with Gasteiger partial charge in [-0.25, -0.2) is 8.42 Å². The van der Waals surface area contributed by atoms with Gasteiger partial charge in [0.2, 0.25) is 0 Å². The largest absolute Gasteiger partial charge is 0.290 e. The minimum atomic E-state index is -4.14. The van der Waals surface area contributed by atoms with Crippen LogP contribution in [0.2, 0.25) is 78.6 Å². The summed E-state index contributed by atoms with van der Waals surface area (Å²) in [4.78, 5) is 1.26. The van der Waals surface area contributed by atoms with Gasteiger partial charge < -0.3 is 0 Å². The SMILES string of the molecule is Cc1ccc(S(=O)(=O)N=[S@@](=O)(/C(=C/C(C)C)[Si](C)(C)C)c2ccccc2[Si](C)(C)C)cc1.Cc1ccc(S(=O)(=O)N=[S@](=O)(/C(=C/C(C)C)[Si](C)(C)C)c2ccccc2[Si](C)(C)C)cc1. The van der Waals surface area contributed by atoms with Gasteiger partial charge in [-0.05, 0) is 72.5 Å². The van der Waals surface area contributed by atoms with Crippen LogP contribution in [0.15, 0.2) is 145 Å². The quantitative estimate of drug-likeness (QED) is 0.116. The van der Waals surface area contributed by atoms with Crippen LogP contribution >= 0.6 is 0 Å². The molecule has 0 fully saturated rings.